The molecule has 28 heavy (non-hydrogen) atoms. The first-order chi connectivity index (χ1) is 13.5. The smallest absolute Gasteiger partial charge is 0.241 e. The monoisotopic (exact) mass is 382 g/mol. The summed E-state index contributed by atoms with van der Waals surface area (Å²) >= 11 is 0. The number of carbonyl (C=O) groups is 1. The topological polar surface area (TPSA) is 74.5 Å². The molecule has 1 fully saturated rings. The molecule has 0 saturated heterocycles. The van der Waals surface area contributed by atoms with E-state index >= 15 is 0 Å². The van der Waals surface area contributed by atoms with E-state index in [0.717, 1.165) is 29.7 Å². The summed E-state index contributed by atoms with van der Waals surface area (Å²) in [5.41, 5.74) is 3.07. The van der Waals surface area contributed by atoms with Crippen LogP contribution in [0.5, 0.6) is 0 Å². The Hall–Kier alpha value is -2.83. The number of nitrogens with one attached hydrogen (secondary N) is 2. The van der Waals surface area contributed by atoms with Gasteiger partial charge < -0.3 is 15.5 Å². The van der Waals surface area contributed by atoms with Gasteiger partial charge in [-0.15, -0.1) is 0 Å². The molecule has 0 aliphatic heterocycles. The molecule has 0 unspecified atom stereocenters. The third kappa shape index (κ3) is 5.34. The van der Waals surface area contributed by atoms with Crippen LogP contribution in [0, 0.1) is 0 Å². The van der Waals surface area contributed by atoms with Crippen LogP contribution < -0.4 is 10.6 Å². The number of nitrogens with zero attached hydrogens (tertiary/aromatic N) is 4. The van der Waals surface area contributed by atoms with E-state index in [0.29, 0.717) is 18.5 Å². The fourth-order valence-electron chi connectivity index (χ4n) is 3.39. The minimum Gasteiger partial charge on any atom is -0.354 e. The molecule has 0 spiro atoms. The van der Waals surface area contributed by atoms with E-state index in [1.54, 1.807) is 19.0 Å². The molecule has 7 nitrogen and oxygen atoms in total. The van der Waals surface area contributed by atoms with Crippen LogP contribution in [-0.4, -0.2) is 53.2 Å². The molecule has 2 N–H and O–H groups in total. The Morgan fingerprint density at radius 2 is 1.96 bits per heavy atom. The normalized spacial score (nSPS) is 14.9. The van der Waals surface area contributed by atoms with Gasteiger partial charge >= 0.3 is 0 Å². The van der Waals surface area contributed by atoms with Crippen molar-refractivity contribution in [3.05, 3.63) is 42.1 Å². The molecule has 3 rings (SSSR count). The Labute approximate surface area is 166 Å². The SMILES string of the molecule is CN(C)C(=O)CNC(=NCc1cn(C)nc1-c1ccccc1)NC1CCCC1. The van der Waals surface area contributed by atoms with Gasteiger partial charge in [-0.1, -0.05) is 43.2 Å². The van der Waals surface area contributed by atoms with Gasteiger partial charge in [0.25, 0.3) is 0 Å². The summed E-state index contributed by atoms with van der Waals surface area (Å²) in [5, 5.41) is 11.3. The van der Waals surface area contributed by atoms with Crippen LogP contribution in [0.3, 0.4) is 0 Å². The van der Waals surface area contributed by atoms with Gasteiger partial charge in [-0.2, -0.15) is 5.10 Å². The van der Waals surface area contributed by atoms with Gasteiger partial charge in [0.15, 0.2) is 5.96 Å². The van der Waals surface area contributed by atoms with Gasteiger partial charge in [0.05, 0.1) is 18.8 Å². The van der Waals surface area contributed by atoms with Crippen molar-refractivity contribution in [2.45, 2.75) is 38.3 Å². The lowest BCUT2D eigenvalue weighted by Crippen LogP contribution is -2.46. The van der Waals surface area contributed by atoms with Gasteiger partial charge in [0, 0.05) is 44.5 Å². The highest BCUT2D eigenvalue weighted by Gasteiger charge is 2.17. The lowest BCUT2D eigenvalue weighted by atomic mass is 10.1. The Balaban J connectivity index is 1.75. The van der Waals surface area contributed by atoms with Crippen molar-refractivity contribution in [3.63, 3.8) is 0 Å². The quantitative estimate of drug-likeness (QED) is 0.593. The van der Waals surface area contributed by atoms with Crippen molar-refractivity contribution >= 4 is 11.9 Å². The molecule has 1 aliphatic carbocycles. The van der Waals surface area contributed by atoms with Crippen LogP contribution in [-0.2, 0) is 18.4 Å². The summed E-state index contributed by atoms with van der Waals surface area (Å²) in [5.74, 6) is 0.706. The summed E-state index contributed by atoms with van der Waals surface area (Å²) in [6.07, 6.45) is 6.77. The van der Waals surface area contributed by atoms with E-state index in [1.165, 1.54) is 12.8 Å². The number of amides is 1. The number of hydrogen-bond acceptors (Lipinski definition) is 3. The third-order valence-electron chi connectivity index (χ3n) is 4.96. The lowest BCUT2D eigenvalue weighted by molar-refractivity contribution is -0.127. The summed E-state index contributed by atoms with van der Waals surface area (Å²) in [6.45, 7) is 0.723. The Kier molecular flexibility index (Phi) is 6.68. The van der Waals surface area contributed by atoms with E-state index in [9.17, 15) is 4.79 Å². The number of hydrogen-bond donors (Lipinski definition) is 2. The number of aromatic nitrogens is 2. The fraction of sp³-hybridized carbons (Fsp3) is 0.476. The molecule has 0 radical (unpaired) electrons. The Morgan fingerprint density at radius 3 is 2.64 bits per heavy atom. The zero-order valence-corrected chi connectivity index (χ0v) is 17.0. The van der Waals surface area contributed by atoms with Crippen molar-refractivity contribution in [3.8, 4) is 11.3 Å². The number of aryl methyl sites for hydroxylation is 1. The van der Waals surface area contributed by atoms with Crippen molar-refractivity contribution in [2.75, 3.05) is 20.6 Å². The van der Waals surface area contributed by atoms with Gasteiger partial charge in [-0.25, -0.2) is 4.99 Å². The largest absolute Gasteiger partial charge is 0.354 e. The third-order valence-corrected chi connectivity index (χ3v) is 4.96. The van der Waals surface area contributed by atoms with Gasteiger partial charge in [-0.05, 0) is 12.8 Å². The second kappa shape index (κ2) is 9.39. The molecule has 0 atom stereocenters. The van der Waals surface area contributed by atoms with Crippen LogP contribution >= 0.6 is 0 Å². The fourth-order valence-corrected chi connectivity index (χ4v) is 3.39. The number of aliphatic imine (C=N–C) groups is 1. The zero-order chi connectivity index (χ0) is 19.9. The van der Waals surface area contributed by atoms with Gasteiger partial charge in [0.1, 0.15) is 0 Å². The van der Waals surface area contributed by atoms with Gasteiger partial charge in [0.2, 0.25) is 5.91 Å². The van der Waals surface area contributed by atoms with Crippen LogP contribution in [0.4, 0.5) is 0 Å². The molecule has 1 saturated carbocycles. The van der Waals surface area contributed by atoms with E-state index in [1.807, 2.05) is 36.1 Å². The maximum absolute atomic E-state index is 12.0. The van der Waals surface area contributed by atoms with Crippen molar-refractivity contribution in [1.82, 2.24) is 25.3 Å². The summed E-state index contributed by atoms with van der Waals surface area (Å²) in [7, 11) is 5.44. The van der Waals surface area contributed by atoms with Gasteiger partial charge in [-0.3, -0.25) is 9.48 Å². The maximum atomic E-state index is 12.0. The highest BCUT2D eigenvalue weighted by Crippen LogP contribution is 2.22. The minimum absolute atomic E-state index is 0.0206. The zero-order valence-electron chi connectivity index (χ0n) is 17.0. The summed E-state index contributed by atoms with van der Waals surface area (Å²) in [4.78, 5) is 18.3. The second-order valence-electron chi connectivity index (χ2n) is 7.47. The lowest BCUT2D eigenvalue weighted by Gasteiger charge is -2.18. The van der Waals surface area contributed by atoms with E-state index < -0.39 is 0 Å². The molecule has 150 valence electrons. The molecule has 0 bridgehead atoms. The standard InChI is InChI=1S/C21H30N6O/c1-26(2)19(28)14-23-21(24-18-11-7-8-12-18)22-13-17-15-27(3)25-20(17)16-9-5-4-6-10-16/h4-6,9-10,15,18H,7-8,11-14H2,1-3H3,(H2,22,23,24). The average molecular weight is 383 g/mol. The molecule has 1 aromatic carbocycles. The van der Waals surface area contributed by atoms with Crippen molar-refractivity contribution in [1.29, 1.82) is 0 Å². The second-order valence-corrected chi connectivity index (χ2v) is 7.47. The molecule has 7 heteroatoms. The highest BCUT2D eigenvalue weighted by atomic mass is 16.2. The number of likely N-dealkylation sites (N-methyl/N-ethyl adjacent to an activating group) is 1. The molecule has 1 heterocycles. The Bertz CT molecular complexity index is 806. The summed E-state index contributed by atoms with van der Waals surface area (Å²) in [6, 6.07) is 10.6. The molecule has 1 aliphatic rings. The predicted octanol–water partition coefficient (Wildman–Crippen LogP) is 2.15. The number of carbonyl (C=O) groups excluding carboxylic acids is 1. The van der Waals surface area contributed by atoms with Crippen LogP contribution in [0.1, 0.15) is 31.2 Å². The van der Waals surface area contributed by atoms with E-state index in [-0.39, 0.29) is 12.5 Å². The molecular formula is C21H30N6O. The van der Waals surface area contributed by atoms with E-state index in [4.69, 9.17) is 4.99 Å². The molecule has 2 aromatic rings. The average Bonchev–Trinajstić information content (AvgIpc) is 3.33. The number of guanidine groups is 1. The first-order valence-corrected chi connectivity index (χ1v) is 9.86. The Morgan fingerprint density at radius 1 is 1.25 bits per heavy atom. The predicted molar refractivity (Wildman–Crippen MR) is 112 cm³/mol. The molecular weight excluding hydrogens is 352 g/mol. The van der Waals surface area contributed by atoms with Crippen molar-refractivity contribution < 1.29 is 4.79 Å². The number of benzene rings is 1. The van der Waals surface area contributed by atoms with E-state index in [2.05, 4.69) is 27.9 Å². The minimum atomic E-state index is 0.0206. The molecule has 1 aromatic heterocycles. The number of rotatable bonds is 6. The maximum Gasteiger partial charge on any atom is 0.241 e. The van der Waals surface area contributed by atoms with Crippen LogP contribution in [0.2, 0.25) is 0 Å². The first-order valence-electron chi connectivity index (χ1n) is 9.86. The first kappa shape index (κ1) is 19.9. The van der Waals surface area contributed by atoms with Crippen molar-refractivity contribution in [2.24, 2.45) is 12.0 Å². The highest BCUT2D eigenvalue weighted by molar-refractivity contribution is 5.86. The van der Waals surface area contributed by atoms with Crippen LogP contribution in [0.15, 0.2) is 41.5 Å². The summed E-state index contributed by atoms with van der Waals surface area (Å²) < 4.78 is 1.82. The van der Waals surface area contributed by atoms with Crippen LogP contribution in [0.25, 0.3) is 11.3 Å². The molecule has 1 amide bonds.